The van der Waals surface area contributed by atoms with Crippen molar-refractivity contribution in [3.63, 3.8) is 0 Å². The standard InChI is InChI=1S/C16H19FN2O4/c1-3-4-10-7-11(17)8-13(15(10)23-9-20)19(2)12-5-6-14(21)18-16(12)22/h7-9,12H,3-6H2,1-2H3,(H,18,21,22). The summed E-state index contributed by atoms with van der Waals surface area (Å²) in [6.45, 7) is 2.22. The van der Waals surface area contributed by atoms with E-state index in [1.807, 2.05) is 6.92 Å². The zero-order valence-electron chi connectivity index (χ0n) is 13.1. The van der Waals surface area contributed by atoms with Crippen LogP contribution in [0.15, 0.2) is 12.1 Å². The van der Waals surface area contributed by atoms with Crippen molar-refractivity contribution in [1.82, 2.24) is 5.32 Å². The average Bonchev–Trinajstić information content (AvgIpc) is 2.49. The van der Waals surface area contributed by atoms with E-state index in [0.29, 0.717) is 24.1 Å². The number of anilines is 1. The maximum absolute atomic E-state index is 13.9. The van der Waals surface area contributed by atoms with E-state index in [0.717, 1.165) is 6.42 Å². The molecular weight excluding hydrogens is 303 g/mol. The predicted octanol–water partition coefficient (Wildman–Crippen LogP) is 1.55. The van der Waals surface area contributed by atoms with Gasteiger partial charge in [0, 0.05) is 19.5 Å². The third-order valence-corrected chi connectivity index (χ3v) is 3.85. The molecule has 1 heterocycles. The summed E-state index contributed by atoms with van der Waals surface area (Å²) in [6, 6.07) is 1.92. The second-order valence-corrected chi connectivity index (χ2v) is 5.46. The monoisotopic (exact) mass is 322 g/mol. The molecule has 7 heteroatoms. The van der Waals surface area contributed by atoms with Gasteiger partial charge in [-0.25, -0.2) is 4.39 Å². The number of carbonyl (C=O) groups is 3. The van der Waals surface area contributed by atoms with Crippen LogP contribution in [0.5, 0.6) is 5.75 Å². The molecule has 1 aromatic carbocycles. The lowest BCUT2D eigenvalue weighted by Crippen LogP contribution is -2.51. The highest BCUT2D eigenvalue weighted by Crippen LogP contribution is 2.35. The van der Waals surface area contributed by atoms with E-state index in [1.165, 1.54) is 12.1 Å². The molecule has 1 N–H and O–H groups in total. The van der Waals surface area contributed by atoms with E-state index in [9.17, 15) is 18.8 Å². The minimum atomic E-state index is -0.627. The molecule has 1 atom stereocenters. The first kappa shape index (κ1) is 16.9. The molecule has 0 bridgehead atoms. The molecule has 1 unspecified atom stereocenters. The molecule has 0 aromatic heterocycles. The van der Waals surface area contributed by atoms with Crippen LogP contribution in [-0.2, 0) is 20.8 Å². The molecule has 0 spiro atoms. The summed E-state index contributed by atoms with van der Waals surface area (Å²) >= 11 is 0. The number of aryl methyl sites for hydroxylation is 1. The number of amides is 2. The van der Waals surface area contributed by atoms with Gasteiger partial charge in [-0.05, 0) is 24.5 Å². The first-order valence-electron chi connectivity index (χ1n) is 7.47. The van der Waals surface area contributed by atoms with Gasteiger partial charge < -0.3 is 9.64 Å². The molecule has 23 heavy (non-hydrogen) atoms. The predicted molar refractivity (Wildman–Crippen MR) is 81.7 cm³/mol. The molecule has 0 radical (unpaired) electrons. The fraction of sp³-hybridized carbons (Fsp3) is 0.438. The maximum Gasteiger partial charge on any atom is 0.298 e. The molecule has 1 saturated heterocycles. The lowest BCUT2D eigenvalue weighted by Gasteiger charge is -2.32. The van der Waals surface area contributed by atoms with E-state index in [2.05, 4.69) is 5.32 Å². The van der Waals surface area contributed by atoms with Gasteiger partial charge in [-0.2, -0.15) is 0 Å². The molecule has 2 amide bonds. The third kappa shape index (κ3) is 3.67. The summed E-state index contributed by atoms with van der Waals surface area (Å²) in [5, 5.41) is 2.26. The Morgan fingerprint density at radius 2 is 2.17 bits per heavy atom. The highest BCUT2D eigenvalue weighted by molar-refractivity contribution is 6.01. The van der Waals surface area contributed by atoms with Crippen LogP contribution in [0, 0.1) is 5.82 Å². The van der Waals surface area contributed by atoms with Crippen LogP contribution in [0.2, 0.25) is 0 Å². The number of hydrogen-bond donors (Lipinski definition) is 1. The number of halogens is 1. The number of imide groups is 1. The molecule has 1 aliphatic heterocycles. The van der Waals surface area contributed by atoms with Gasteiger partial charge >= 0.3 is 0 Å². The van der Waals surface area contributed by atoms with Gasteiger partial charge in [0.2, 0.25) is 11.8 Å². The molecule has 0 aliphatic carbocycles. The Bertz CT molecular complexity index is 633. The second kappa shape index (κ2) is 7.21. The molecular formula is C16H19FN2O4. The quantitative estimate of drug-likeness (QED) is 0.635. The number of carbonyl (C=O) groups excluding carboxylic acids is 3. The van der Waals surface area contributed by atoms with Crippen molar-refractivity contribution in [2.24, 2.45) is 0 Å². The van der Waals surface area contributed by atoms with Gasteiger partial charge in [-0.1, -0.05) is 13.3 Å². The zero-order chi connectivity index (χ0) is 17.0. The van der Waals surface area contributed by atoms with Gasteiger partial charge in [0.25, 0.3) is 6.47 Å². The van der Waals surface area contributed by atoms with Crippen molar-refractivity contribution < 1.29 is 23.5 Å². The number of hydrogen-bond acceptors (Lipinski definition) is 5. The summed E-state index contributed by atoms with van der Waals surface area (Å²) < 4.78 is 19.0. The summed E-state index contributed by atoms with van der Waals surface area (Å²) in [5.74, 6) is -0.992. The topological polar surface area (TPSA) is 75.7 Å². The van der Waals surface area contributed by atoms with Crippen LogP contribution in [0.4, 0.5) is 10.1 Å². The van der Waals surface area contributed by atoms with Gasteiger partial charge in [0.1, 0.15) is 11.9 Å². The minimum Gasteiger partial charge on any atom is -0.426 e. The van der Waals surface area contributed by atoms with E-state index in [1.54, 1.807) is 11.9 Å². The first-order chi connectivity index (χ1) is 11.0. The largest absolute Gasteiger partial charge is 0.426 e. The smallest absolute Gasteiger partial charge is 0.298 e. The van der Waals surface area contributed by atoms with Crippen molar-refractivity contribution >= 4 is 24.0 Å². The average molecular weight is 322 g/mol. The van der Waals surface area contributed by atoms with Crippen LogP contribution >= 0.6 is 0 Å². The minimum absolute atomic E-state index is 0.210. The molecule has 1 fully saturated rings. The van der Waals surface area contributed by atoms with Crippen molar-refractivity contribution in [1.29, 1.82) is 0 Å². The third-order valence-electron chi connectivity index (χ3n) is 3.85. The normalized spacial score (nSPS) is 17.6. The SMILES string of the molecule is CCCc1cc(F)cc(N(C)C2CCC(=O)NC2=O)c1OC=O. The number of nitrogens with zero attached hydrogens (tertiary/aromatic N) is 1. The molecule has 2 rings (SSSR count). The van der Waals surface area contributed by atoms with Crippen molar-refractivity contribution in [3.05, 3.63) is 23.5 Å². The molecule has 124 valence electrons. The number of ether oxygens (including phenoxy) is 1. The highest BCUT2D eigenvalue weighted by Gasteiger charge is 2.32. The van der Waals surface area contributed by atoms with E-state index in [-0.39, 0.29) is 24.5 Å². The Hall–Kier alpha value is -2.44. The summed E-state index contributed by atoms with van der Waals surface area (Å²) in [6.07, 6.45) is 1.82. The fourth-order valence-electron chi connectivity index (χ4n) is 2.76. The maximum atomic E-state index is 13.9. The van der Waals surface area contributed by atoms with E-state index in [4.69, 9.17) is 4.74 Å². The van der Waals surface area contributed by atoms with Crippen LogP contribution in [0.1, 0.15) is 31.7 Å². The Morgan fingerprint density at radius 3 is 2.78 bits per heavy atom. The van der Waals surface area contributed by atoms with Crippen molar-refractivity contribution in [2.75, 3.05) is 11.9 Å². The zero-order valence-corrected chi connectivity index (χ0v) is 13.1. The lowest BCUT2D eigenvalue weighted by molar-refractivity contribution is -0.134. The number of piperidine rings is 1. The lowest BCUT2D eigenvalue weighted by atomic mass is 10.0. The highest BCUT2D eigenvalue weighted by atomic mass is 19.1. The number of nitrogens with one attached hydrogen (secondary N) is 1. The first-order valence-corrected chi connectivity index (χ1v) is 7.47. The summed E-state index contributed by atoms with van der Waals surface area (Å²) in [4.78, 5) is 35.6. The van der Waals surface area contributed by atoms with Gasteiger partial charge in [-0.3, -0.25) is 19.7 Å². The number of rotatable bonds is 6. The van der Waals surface area contributed by atoms with E-state index < -0.39 is 17.8 Å². The Morgan fingerprint density at radius 1 is 1.43 bits per heavy atom. The summed E-state index contributed by atoms with van der Waals surface area (Å²) in [5.41, 5.74) is 0.879. The Labute approximate surface area is 133 Å². The second-order valence-electron chi connectivity index (χ2n) is 5.46. The van der Waals surface area contributed by atoms with Gasteiger partial charge in [0.05, 0.1) is 5.69 Å². The van der Waals surface area contributed by atoms with Crippen LogP contribution in [0.25, 0.3) is 0 Å². The van der Waals surface area contributed by atoms with E-state index >= 15 is 0 Å². The van der Waals surface area contributed by atoms with Crippen molar-refractivity contribution in [2.45, 2.75) is 38.6 Å². The molecule has 0 saturated carbocycles. The number of likely N-dealkylation sites (N-methyl/N-ethyl adjacent to an activating group) is 1. The summed E-state index contributed by atoms with van der Waals surface area (Å²) in [7, 11) is 1.61. The molecule has 1 aliphatic rings. The van der Waals surface area contributed by atoms with Crippen LogP contribution in [0.3, 0.4) is 0 Å². The van der Waals surface area contributed by atoms with Crippen molar-refractivity contribution in [3.8, 4) is 5.75 Å². The Kier molecular flexibility index (Phi) is 5.31. The molecule has 6 nitrogen and oxygen atoms in total. The number of benzene rings is 1. The fourth-order valence-corrected chi connectivity index (χ4v) is 2.76. The van der Waals surface area contributed by atoms with Crippen LogP contribution in [-0.4, -0.2) is 31.4 Å². The van der Waals surface area contributed by atoms with Gasteiger partial charge in [0.15, 0.2) is 5.75 Å². The van der Waals surface area contributed by atoms with Gasteiger partial charge in [-0.15, -0.1) is 0 Å². The Balaban J connectivity index is 2.41. The molecule has 1 aromatic rings. The van der Waals surface area contributed by atoms with Crippen LogP contribution < -0.4 is 15.0 Å².